The summed E-state index contributed by atoms with van der Waals surface area (Å²) in [5, 5.41) is 2.49. The predicted molar refractivity (Wildman–Crippen MR) is 218 cm³/mol. The first-order valence-electron chi connectivity index (χ1n) is 17.4. The summed E-state index contributed by atoms with van der Waals surface area (Å²) < 4.78 is 0. The largest absolute Gasteiger partial charge is 0.311 e. The monoisotopic (exact) mass is 651 g/mol. The van der Waals surface area contributed by atoms with Gasteiger partial charge in [0.15, 0.2) is 0 Å². The first kappa shape index (κ1) is 31.6. The SMILES string of the molecule is C(=C\c1ccc(N(c2ccc(-c3ccccc3)cc2)c2ccc(-c3ccccc3)cc2)cc1)/C=C(\c1ccccc1)c1cccc2ccccc12. The quantitative estimate of drug-likeness (QED) is 0.140. The number of hydrogen-bond acceptors (Lipinski definition) is 1. The van der Waals surface area contributed by atoms with E-state index in [1.54, 1.807) is 0 Å². The van der Waals surface area contributed by atoms with E-state index in [1.807, 2.05) is 0 Å². The van der Waals surface area contributed by atoms with Gasteiger partial charge in [0, 0.05) is 17.1 Å². The van der Waals surface area contributed by atoms with Crippen LogP contribution in [0.2, 0.25) is 0 Å². The molecule has 0 saturated carbocycles. The molecule has 8 aromatic rings. The van der Waals surface area contributed by atoms with Crippen molar-refractivity contribution in [3.63, 3.8) is 0 Å². The zero-order chi connectivity index (χ0) is 34.2. The van der Waals surface area contributed by atoms with E-state index in [0.29, 0.717) is 0 Å². The Labute approximate surface area is 300 Å². The van der Waals surface area contributed by atoms with Crippen molar-refractivity contribution in [3.8, 4) is 22.3 Å². The second kappa shape index (κ2) is 14.8. The second-order valence-electron chi connectivity index (χ2n) is 12.6. The highest BCUT2D eigenvalue weighted by Crippen LogP contribution is 2.37. The Hall–Kier alpha value is -6.70. The van der Waals surface area contributed by atoms with Crippen LogP contribution in [0.1, 0.15) is 16.7 Å². The maximum atomic E-state index is 2.32. The molecule has 0 unspecified atom stereocenters. The molecule has 0 saturated heterocycles. The maximum Gasteiger partial charge on any atom is 0.0462 e. The predicted octanol–water partition coefficient (Wildman–Crippen LogP) is 13.8. The van der Waals surface area contributed by atoms with Gasteiger partial charge in [-0.3, -0.25) is 0 Å². The lowest BCUT2D eigenvalue weighted by atomic mass is 9.93. The van der Waals surface area contributed by atoms with Gasteiger partial charge in [-0.25, -0.2) is 0 Å². The van der Waals surface area contributed by atoms with Crippen molar-refractivity contribution in [2.24, 2.45) is 0 Å². The fourth-order valence-corrected chi connectivity index (χ4v) is 6.72. The van der Waals surface area contributed by atoms with Crippen LogP contribution in [0.4, 0.5) is 17.1 Å². The lowest BCUT2D eigenvalue weighted by Gasteiger charge is -2.26. The van der Waals surface area contributed by atoms with E-state index in [9.17, 15) is 0 Å². The molecular formula is C50H37N. The van der Waals surface area contributed by atoms with E-state index in [-0.39, 0.29) is 0 Å². The van der Waals surface area contributed by atoms with Crippen molar-refractivity contribution in [2.45, 2.75) is 0 Å². The molecule has 1 nitrogen and oxygen atoms in total. The van der Waals surface area contributed by atoms with Gasteiger partial charge < -0.3 is 4.90 Å². The molecule has 0 radical (unpaired) electrons. The van der Waals surface area contributed by atoms with Crippen LogP contribution in [-0.2, 0) is 0 Å². The summed E-state index contributed by atoms with van der Waals surface area (Å²) in [7, 11) is 0. The molecule has 8 aromatic carbocycles. The first-order valence-corrected chi connectivity index (χ1v) is 17.4. The lowest BCUT2D eigenvalue weighted by molar-refractivity contribution is 1.28. The maximum absolute atomic E-state index is 2.32. The Bertz CT molecular complexity index is 2320. The summed E-state index contributed by atoms with van der Waals surface area (Å²) in [6, 6.07) is 73.4. The van der Waals surface area contributed by atoms with Crippen LogP contribution in [-0.4, -0.2) is 0 Å². The molecule has 0 spiro atoms. The minimum atomic E-state index is 1.10. The Morgan fingerprint density at radius 2 is 0.824 bits per heavy atom. The highest BCUT2D eigenvalue weighted by Gasteiger charge is 2.14. The second-order valence-corrected chi connectivity index (χ2v) is 12.6. The van der Waals surface area contributed by atoms with Crippen LogP contribution in [0, 0.1) is 0 Å². The van der Waals surface area contributed by atoms with Gasteiger partial charge in [-0.1, -0.05) is 188 Å². The van der Waals surface area contributed by atoms with Crippen LogP contribution in [0.5, 0.6) is 0 Å². The topological polar surface area (TPSA) is 3.24 Å². The third-order valence-electron chi connectivity index (χ3n) is 9.33. The van der Waals surface area contributed by atoms with E-state index >= 15 is 0 Å². The van der Waals surface area contributed by atoms with Gasteiger partial charge in [0.1, 0.15) is 0 Å². The molecule has 8 rings (SSSR count). The van der Waals surface area contributed by atoms with Gasteiger partial charge in [0.2, 0.25) is 0 Å². The molecule has 0 aliphatic rings. The fraction of sp³-hybridized carbons (Fsp3) is 0. The molecule has 0 atom stereocenters. The van der Waals surface area contributed by atoms with Gasteiger partial charge in [0.05, 0.1) is 0 Å². The minimum Gasteiger partial charge on any atom is -0.311 e. The standard InChI is InChI=1S/C50H37N/c1-4-15-39(16-5-1)41-28-34-46(35-29-41)51(47-36-30-42(31-37-47)40-17-6-2-7-18-40)45-32-26-38(27-33-45)14-12-24-49(43-19-8-3-9-20-43)50-25-13-22-44-21-10-11-23-48(44)50/h1-37H/b14-12+,49-24+. The summed E-state index contributed by atoms with van der Waals surface area (Å²) in [4.78, 5) is 2.32. The van der Waals surface area contributed by atoms with E-state index in [2.05, 4.69) is 229 Å². The smallest absolute Gasteiger partial charge is 0.0462 e. The number of anilines is 3. The average Bonchev–Trinajstić information content (AvgIpc) is 3.21. The average molecular weight is 652 g/mol. The van der Waals surface area contributed by atoms with Gasteiger partial charge in [-0.05, 0) is 91.7 Å². The van der Waals surface area contributed by atoms with Crippen molar-refractivity contribution < 1.29 is 0 Å². The number of allylic oxidation sites excluding steroid dienone is 2. The van der Waals surface area contributed by atoms with Crippen LogP contribution in [0.25, 0.3) is 44.7 Å². The summed E-state index contributed by atoms with van der Waals surface area (Å²) in [6.45, 7) is 0. The van der Waals surface area contributed by atoms with E-state index < -0.39 is 0 Å². The Kier molecular flexibility index (Phi) is 9.17. The van der Waals surface area contributed by atoms with Crippen molar-refractivity contribution >= 4 is 39.5 Å². The molecule has 0 fully saturated rings. The molecule has 0 heterocycles. The number of fused-ring (bicyclic) bond motifs is 1. The summed E-state index contributed by atoms with van der Waals surface area (Å²) >= 11 is 0. The summed E-state index contributed by atoms with van der Waals surface area (Å²) in [5.74, 6) is 0. The lowest BCUT2D eigenvalue weighted by Crippen LogP contribution is -2.09. The van der Waals surface area contributed by atoms with Gasteiger partial charge in [-0.2, -0.15) is 0 Å². The molecule has 0 aliphatic heterocycles. The molecule has 0 amide bonds. The summed E-state index contributed by atoms with van der Waals surface area (Å²) in [6.07, 6.45) is 6.59. The molecule has 0 bridgehead atoms. The van der Waals surface area contributed by atoms with Crippen molar-refractivity contribution in [2.75, 3.05) is 4.90 Å². The molecule has 51 heavy (non-hydrogen) atoms. The Balaban J connectivity index is 1.12. The number of rotatable bonds is 9. The molecule has 0 aliphatic carbocycles. The Morgan fingerprint density at radius 3 is 1.39 bits per heavy atom. The Morgan fingerprint density at radius 1 is 0.373 bits per heavy atom. The molecule has 0 N–H and O–H groups in total. The van der Waals surface area contributed by atoms with E-state index in [0.717, 1.165) is 22.6 Å². The van der Waals surface area contributed by atoms with Crippen LogP contribution in [0.15, 0.2) is 218 Å². The van der Waals surface area contributed by atoms with Gasteiger partial charge in [-0.15, -0.1) is 0 Å². The zero-order valence-electron chi connectivity index (χ0n) is 28.3. The third kappa shape index (κ3) is 7.06. The third-order valence-corrected chi connectivity index (χ3v) is 9.33. The van der Waals surface area contributed by atoms with Crippen molar-refractivity contribution in [1.82, 2.24) is 0 Å². The molecule has 0 aromatic heterocycles. The highest BCUT2D eigenvalue weighted by molar-refractivity contribution is 5.98. The van der Waals surface area contributed by atoms with E-state index in [4.69, 9.17) is 0 Å². The van der Waals surface area contributed by atoms with Crippen molar-refractivity contribution in [3.05, 3.63) is 235 Å². The minimum absolute atomic E-state index is 1.10. The highest BCUT2D eigenvalue weighted by atomic mass is 15.1. The number of hydrogen-bond donors (Lipinski definition) is 0. The molecule has 242 valence electrons. The van der Waals surface area contributed by atoms with E-state index in [1.165, 1.54) is 49.7 Å². The summed E-state index contributed by atoms with van der Waals surface area (Å²) in [5.41, 5.74) is 12.9. The van der Waals surface area contributed by atoms with Crippen LogP contribution >= 0.6 is 0 Å². The van der Waals surface area contributed by atoms with Crippen molar-refractivity contribution in [1.29, 1.82) is 0 Å². The zero-order valence-corrected chi connectivity index (χ0v) is 28.3. The molecule has 1 heteroatoms. The normalized spacial score (nSPS) is 11.6. The van der Waals surface area contributed by atoms with Gasteiger partial charge >= 0.3 is 0 Å². The molecular weight excluding hydrogens is 615 g/mol. The number of nitrogens with zero attached hydrogens (tertiary/aromatic N) is 1. The first-order chi connectivity index (χ1) is 25.3. The van der Waals surface area contributed by atoms with Crippen LogP contribution in [0.3, 0.4) is 0 Å². The fourth-order valence-electron chi connectivity index (χ4n) is 6.72. The van der Waals surface area contributed by atoms with Gasteiger partial charge in [0.25, 0.3) is 0 Å². The number of benzene rings is 8. The van der Waals surface area contributed by atoms with Crippen LogP contribution < -0.4 is 4.90 Å².